The fourth-order valence-electron chi connectivity index (χ4n) is 2.65. The molecule has 1 aliphatic rings. The lowest BCUT2D eigenvalue weighted by Crippen LogP contribution is -2.29. The van der Waals surface area contributed by atoms with Crippen LogP contribution in [0.2, 0.25) is 0 Å². The molecule has 0 radical (unpaired) electrons. The second-order valence-electron chi connectivity index (χ2n) is 4.93. The quantitative estimate of drug-likeness (QED) is 0.830. The first kappa shape index (κ1) is 12.3. The summed E-state index contributed by atoms with van der Waals surface area (Å²) in [6, 6.07) is 3.84. The van der Waals surface area contributed by atoms with Gasteiger partial charge in [-0.25, -0.2) is 8.78 Å². The van der Waals surface area contributed by atoms with E-state index in [2.05, 4.69) is 10.3 Å². The van der Waals surface area contributed by atoms with Gasteiger partial charge >= 0.3 is 0 Å². The lowest BCUT2D eigenvalue weighted by atomic mass is 9.90. The van der Waals surface area contributed by atoms with Gasteiger partial charge in [-0.2, -0.15) is 0 Å². The zero-order chi connectivity index (χ0) is 13.4. The second-order valence-corrected chi connectivity index (χ2v) is 4.93. The van der Waals surface area contributed by atoms with Crippen LogP contribution < -0.4 is 10.9 Å². The molecule has 3 nitrogen and oxygen atoms in total. The Morgan fingerprint density at radius 3 is 2.47 bits per heavy atom. The number of fused-ring (bicyclic) bond motifs is 1. The summed E-state index contributed by atoms with van der Waals surface area (Å²) in [5.74, 6) is -1.66. The van der Waals surface area contributed by atoms with Crippen molar-refractivity contribution in [2.75, 3.05) is 13.1 Å². The minimum atomic E-state index is -0.947. The Hall–Kier alpha value is -1.75. The highest BCUT2D eigenvalue weighted by Gasteiger charge is 2.19. The van der Waals surface area contributed by atoms with Gasteiger partial charge in [-0.1, -0.05) is 0 Å². The molecule has 0 aliphatic carbocycles. The summed E-state index contributed by atoms with van der Waals surface area (Å²) in [5, 5.41) is 3.77. The predicted molar refractivity (Wildman–Crippen MR) is 69.3 cm³/mol. The van der Waals surface area contributed by atoms with Crippen LogP contribution in [0, 0.1) is 11.6 Å². The summed E-state index contributed by atoms with van der Waals surface area (Å²) in [4.78, 5) is 14.7. The summed E-state index contributed by atoms with van der Waals surface area (Å²) in [5.41, 5.74) is 0.798. The second kappa shape index (κ2) is 4.74. The average molecular weight is 264 g/mol. The highest BCUT2D eigenvalue weighted by atomic mass is 19.2. The van der Waals surface area contributed by atoms with Gasteiger partial charge in [-0.05, 0) is 44.0 Å². The first-order valence-electron chi connectivity index (χ1n) is 6.38. The maximum Gasteiger partial charge on any atom is 0.251 e. The third-order valence-corrected chi connectivity index (χ3v) is 3.69. The zero-order valence-corrected chi connectivity index (χ0v) is 10.3. The number of piperidine rings is 1. The molecule has 1 aliphatic heterocycles. The van der Waals surface area contributed by atoms with Gasteiger partial charge in [0.2, 0.25) is 0 Å². The summed E-state index contributed by atoms with van der Waals surface area (Å²) in [6.45, 7) is 1.75. The smallest absolute Gasteiger partial charge is 0.251 e. The molecule has 1 saturated heterocycles. The van der Waals surface area contributed by atoms with Crippen LogP contribution >= 0.6 is 0 Å². The fraction of sp³-hybridized carbons (Fsp3) is 0.357. The molecule has 0 bridgehead atoms. The third-order valence-electron chi connectivity index (χ3n) is 3.69. The van der Waals surface area contributed by atoms with Crippen LogP contribution in [0.1, 0.15) is 24.3 Å². The van der Waals surface area contributed by atoms with Crippen molar-refractivity contribution in [3.63, 3.8) is 0 Å². The predicted octanol–water partition coefficient (Wildman–Crippen LogP) is 2.27. The molecule has 1 fully saturated rings. The lowest BCUT2D eigenvalue weighted by Gasteiger charge is -2.22. The maximum atomic E-state index is 13.2. The van der Waals surface area contributed by atoms with Gasteiger partial charge < -0.3 is 10.3 Å². The number of H-pyrrole nitrogens is 1. The molecule has 0 spiro atoms. The molecule has 2 N–H and O–H groups in total. The topological polar surface area (TPSA) is 44.9 Å². The highest BCUT2D eigenvalue weighted by Crippen LogP contribution is 2.25. The number of benzene rings is 1. The van der Waals surface area contributed by atoms with E-state index in [1.165, 1.54) is 0 Å². The third kappa shape index (κ3) is 2.26. The molecule has 0 atom stereocenters. The Balaban J connectivity index is 2.12. The molecule has 2 aromatic rings. The summed E-state index contributed by atoms with van der Waals surface area (Å²) in [6.07, 6.45) is 1.77. The number of rotatable bonds is 1. The van der Waals surface area contributed by atoms with Gasteiger partial charge in [0.05, 0.1) is 5.52 Å². The molecular weight excluding hydrogens is 250 g/mol. The van der Waals surface area contributed by atoms with Crippen molar-refractivity contribution in [3.8, 4) is 0 Å². The van der Waals surface area contributed by atoms with E-state index in [9.17, 15) is 13.6 Å². The van der Waals surface area contributed by atoms with Crippen molar-refractivity contribution in [1.82, 2.24) is 10.3 Å². The number of pyridine rings is 1. The van der Waals surface area contributed by atoms with Crippen LogP contribution in [0.15, 0.2) is 23.0 Å². The number of hydrogen-bond donors (Lipinski definition) is 2. The molecular formula is C14H14F2N2O. The average Bonchev–Trinajstić information content (AvgIpc) is 2.41. The van der Waals surface area contributed by atoms with Crippen LogP contribution in [0.25, 0.3) is 10.9 Å². The van der Waals surface area contributed by atoms with E-state index in [1.807, 2.05) is 0 Å². The van der Waals surface area contributed by atoms with Gasteiger partial charge in [0, 0.05) is 17.0 Å². The molecule has 1 aromatic carbocycles. The Labute approximate surface area is 108 Å². The van der Waals surface area contributed by atoms with Crippen molar-refractivity contribution in [2.24, 2.45) is 0 Å². The molecule has 0 saturated carbocycles. The summed E-state index contributed by atoms with van der Waals surface area (Å²) in [7, 11) is 0. The van der Waals surface area contributed by atoms with Crippen molar-refractivity contribution in [2.45, 2.75) is 18.8 Å². The molecule has 5 heteroatoms. The maximum absolute atomic E-state index is 13.2. The summed E-state index contributed by atoms with van der Waals surface area (Å²) < 4.78 is 26.4. The highest BCUT2D eigenvalue weighted by molar-refractivity contribution is 5.79. The van der Waals surface area contributed by atoms with E-state index in [4.69, 9.17) is 0 Å². The largest absolute Gasteiger partial charge is 0.322 e. The zero-order valence-electron chi connectivity index (χ0n) is 10.3. The minimum absolute atomic E-state index is 0.183. The van der Waals surface area contributed by atoms with E-state index in [0.29, 0.717) is 16.5 Å². The molecule has 0 amide bonds. The number of aromatic nitrogens is 1. The summed E-state index contributed by atoms with van der Waals surface area (Å²) >= 11 is 0. The molecule has 19 heavy (non-hydrogen) atoms. The van der Waals surface area contributed by atoms with Gasteiger partial charge in [0.1, 0.15) is 0 Å². The van der Waals surface area contributed by atoms with Crippen LogP contribution in [0.3, 0.4) is 0 Å². The van der Waals surface area contributed by atoms with Crippen LogP contribution in [0.4, 0.5) is 8.78 Å². The van der Waals surface area contributed by atoms with E-state index < -0.39 is 11.6 Å². The van der Waals surface area contributed by atoms with Crippen LogP contribution in [-0.4, -0.2) is 18.1 Å². The Bertz CT molecular complexity index is 675. The SMILES string of the molecule is O=c1[nH]c2cc(F)c(F)cc2cc1C1CCNCC1. The van der Waals surface area contributed by atoms with E-state index in [1.54, 1.807) is 6.07 Å². The molecule has 3 rings (SSSR count). The number of aromatic amines is 1. The van der Waals surface area contributed by atoms with Crippen molar-refractivity contribution in [1.29, 1.82) is 0 Å². The van der Waals surface area contributed by atoms with Crippen molar-refractivity contribution < 1.29 is 8.78 Å². The minimum Gasteiger partial charge on any atom is -0.322 e. The standard InChI is InChI=1S/C14H14F2N2O/c15-11-6-9-5-10(8-1-3-17-4-2-8)14(19)18-13(9)7-12(11)16/h5-8,17H,1-4H2,(H,18,19). The van der Waals surface area contributed by atoms with Gasteiger partial charge in [-0.15, -0.1) is 0 Å². The van der Waals surface area contributed by atoms with Gasteiger partial charge in [-0.3, -0.25) is 4.79 Å². The van der Waals surface area contributed by atoms with Gasteiger partial charge in [0.15, 0.2) is 11.6 Å². The monoisotopic (exact) mass is 264 g/mol. The molecule has 0 unspecified atom stereocenters. The van der Waals surface area contributed by atoms with Crippen LogP contribution in [-0.2, 0) is 0 Å². The normalized spacial score (nSPS) is 16.9. The first-order valence-corrected chi connectivity index (χ1v) is 6.38. The van der Waals surface area contributed by atoms with E-state index >= 15 is 0 Å². The molecule has 2 heterocycles. The van der Waals surface area contributed by atoms with Crippen molar-refractivity contribution >= 4 is 10.9 Å². The van der Waals surface area contributed by atoms with Gasteiger partial charge in [0.25, 0.3) is 5.56 Å². The fourth-order valence-corrected chi connectivity index (χ4v) is 2.65. The molecule has 1 aromatic heterocycles. The lowest BCUT2D eigenvalue weighted by molar-refractivity contribution is 0.458. The van der Waals surface area contributed by atoms with E-state index in [0.717, 1.165) is 38.1 Å². The van der Waals surface area contributed by atoms with E-state index in [-0.39, 0.29) is 11.5 Å². The Morgan fingerprint density at radius 2 is 1.74 bits per heavy atom. The van der Waals surface area contributed by atoms with Crippen LogP contribution in [0.5, 0.6) is 0 Å². The number of nitrogens with one attached hydrogen (secondary N) is 2. The Kier molecular flexibility index (Phi) is 3.06. The number of halogens is 2. The number of hydrogen-bond acceptors (Lipinski definition) is 2. The van der Waals surface area contributed by atoms with Crippen molar-refractivity contribution in [3.05, 3.63) is 45.8 Å². The molecule has 100 valence electrons. The first-order chi connectivity index (χ1) is 9.15. The Morgan fingerprint density at radius 1 is 1.05 bits per heavy atom.